The Morgan fingerprint density at radius 3 is 2.37 bits per heavy atom. The lowest BCUT2D eigenvalue weighted by Crippen LogP contribution is -2.55. The van der Waals surface area contributed by atoms with Crippen LogP contribution in [0.1, 0.15) is 25.8 Å². The van der Waals surface area contributed by atoms with Crippen LogP contribution in [-0.4, -0.2) is 62.3 Å². The van der Waals surface area contributed by atoms with E-state index in [1.807, 2.05) is 0 Å². The summed E-state index contributed by atoms with van der Waals surface area (Å²) in [5, 5.41) is 41.2. The molecule has 1 saturated carbocycles. The fourth-order valence-corrected chi connectivity index (χ4v) is 4.54. The largest absolute Gasteiger partial charge is 0.508 e. The number of phenols is 1. The van der Waals surface area contributed by atoms with E-state index in [2.05, 4.69) is 0 Å². The van der Waals surface area contributed by atoms with Crippen LogP contribution in [0.3, 0.4) is 0 Å². The number of Topliss-reactive ketones (excluding diaryl/α,β-unsaturated/α-hetero) is 1. The minimum atomic E-state index is -1.28. The van der Waals surface area contributed by atoms with Gasteiger partial charge in [0, 0.05) is 12.3 Å². The molecule has 0 aromatic heterocycles. The molecule has 0 spiro atoms. The van der Waals surface area contributed by atoms with Gasteiger partial charge in [-0.3, -0.25) is 4.79 Å². The molecule has 1 saturated heterocycles. The number of allylic oxidation sites excluding steroid dienone is 1. The van der Waals surface area contributed by atoms with Gasteiger partial charge < -0.3 is 29.9 Å². The molecule has 146 valence electrons. The molecule has 5 unspecified atom stereocenters. The molecule has 0 bridgehead atoms. The molecule has 3 aliphatic rings. The summed E-state index contributed by atoms with van der Waals surface area (Å²) in [5.41, 5.74) is -0.369. The molecule has 4 N–H and O–H groups in total. The average molecular weight is 376 g/mol. The lowest BCUT2D eigenvalue weighted by Gasteiger charge is -2.43. The third kappa shape index (κ3) is 2.95. The minimum absolute atomic E-state index is 0.0887. The second kappa shape index (κ2) is 6.31. The van der Waals surface area contributed by atoms with Gasteiger partial charge in [-0.25, -0.2) is 0 Å². The highest BCUT2D eigenvalue weighted by Crippen LogP contribution is 2.46. The molecule has 7 nitrogen and oxygen atoms in total. The number of hydrogen-bond acceptors (Lipinski definition) is 7. The number of carbonyl (C=O) groups is 1. The number of ether oxygens (including phenoxy) is 2. The molecule has 1 aromatic rings. The Bertz CT molecular complexity index is 764. The minimum Gasteiger partial charge on any atom is -0.508 e. The second-order valence-corrected chi connectivity index (χ2v) is 8.19. The fraction of sp³-hybridized carbons (Fsp3) is 0.550. The molecule has 7 heteroatoms. The number of benzene rings is 1. The number of aliphatic hydroxyl groups excluding tert-OH is 2. The van der Waals surface area contributed by atoms with Gasteiger partial charge in [-0.05, 0) is 31.5 Å². The summed E-state index contributed by atoms with van der Waals surface area (Å²) in [6, 6.07) is 6.17. The van der Waals surface area contributed by atoms with Crippen LogP contribution in [0, 0.1) is 11.8 Å². The van der Waals surface area contributed by atoms with Gasteiger partial charge in [0.15, 0.2) is 5.78 Å². The molecule has 0 amide bonds. The van der Waals surface area contributed by atoms with E-state index in [0.717, 1.165) is 0 Å². The summed E-state index contributed by atoms with van der Waals surface area (Å²) in [7, 11) is 0. The predicted octanol–water partition coefficient (Wildman–Crippen LogP) is 0.597. The van der Waals surface area contributed by atoms with E-state index in [1.165, 1.54) is 18.4 Å². The number of aliphatic hydroxyl groups is 3. The van der Waals surface area contributed by atoms with E-state index in [9.17, 15) is 25.2 Å². The van der Waals surface area contributed by atoms with Crippen LogP contribution < -0.4 is 0 Å². The summed E-state index contributed by atoms with van der Waals surface area (Å²) in [4.78, 5) is 13.1. The van der Waals surface area contributed by atoms with Gasteiger partial charge in [0.1, 0.15) is 18.0 Å². The average Bonchev–Trinajstić information content (AvgIpc) is 2.93. The summed E-state index contributed by atoms with van der Waals surface area (Å²) in [5.74, 6) is -1.67. The monoisotopic (exact) mass is 376 g/mol. The SMILES string of the molecule is CC(C)(O)[C@H]1OC2CC3OC=C(c4ccc(O)cc4)C(=O)C3C(O)C2[C@@H]1O. The van der Waals surface area contributed by atoms with Crippen LogP contribution in [0.15, 0.2) is 30.5 Å². The van der Waals surface area contributed by atoms with Gasteiger partial charge in [-0.1, -0.05) is 12.1 Å². The number of carbonyl (C=O) groups excluding carboxylic acids is 1. The van der Waals surface area contributed by atoms with Crippen LogP contribution in [0.5, 0.6) is 5.75 Å². The van der Waals surface area contributed by atoms with E-state index in [-0.39, 0.29) is 11.5 Å². The highest BCUT2D eigenvalue weighted by Gasteiger charge is 2.60. The Hall–Kier alpha value is -1.93. The summed E-state index contributed by atoms with van der Waals surface area (Å²) < 4.78 is 11.6. The maximum atomic E-state index is 13.1. The first-order valence-corrected chi connectivity index (χ1v) is 9.11. The molecule has 2 heterocycles. The first kappa shape index (κ1) is 18.4. The Balaban J connectivity index is 1.62. The lowest BCUT2D eigenvalue weighted by molar-refractivity contribution is -0.149. The van der Waals surface area contributed by atoms with E-state index in [1.54, 1.807) is 26.0 Å². The van der Waals surface area contributed by atoms with Crippen molar-refractivity contribution < 1.29 is 34.7 Å². The zero-order valence-corrected chi connectivity index (χ0v) is 15.1. The van der Waals surface area contributed by atoms with Crippen molar-refractivity contribution in [2.75, 3.05) is 0 Å². The van der Waals surface area contributed by atoms with E-state index in [4.69, 9.17) is 9.47 Å². The van der Waals surface area contributed by atoms with Gasteiger partial charge in [0.05, 0.1) is 41.7 Å². The number of fused-ring (bicyclic) bond motifs is 2. The Kier molecular flexibility index (Phi) is 4.31. The van der Waals surface area contributed by atoms with E-state index >= 15 is 0 Å². The Morgan fingerprint density at radius 2 is 1.74 bits per heavy atom. The molecular weight excluding hydrogens is 352 g/mol. The van der Waals surface area contributed by atoms with Crippen LogP contribution >= 0.6 is 0 Å². The molecular formula is C20H24O7. The van der Waals surface area contributed by atoms with Crippen molar-refractivity contribution in [2.24, 2.45) is 11.8 Å². The zero-order chi connectivity index (χ0) is 19.5. The van der Waals surface area contributed by atoms with Gasteiger partial charge in [0.2, 0.25) is 0 Å². The van der Waals surface area contributed by atoms with E-state index in [0.29, 0.717) is 17.6 Å². The number of rotatable bonds is 2. The maximum Gasteiger partial charge on any atom is 0.175 e. The molecule has 2 fully saturated rings. The van der Waals surface area contributed by atoms with Crippen molar-refractivity contribution in [3.05, 3.63) is 36.1 Å². The van der Waals surface area contributed by atoms with Crippen LogP contribution in [0.25, 0.3) is 5.57 Å². The first-order chi connectivity index (χ1) is 12.7. The summed E-state index contributed by atoms with van der Waals surface area (Å²) in [6.07, 6.45) is -2.39. The van der Waals surface area contributed by atoms with E-state index < -0.39 is 48.0 Å². The molecule has 2 aliphatic heterocycles. The van der Waals surface area contributed by atoms with Crippen molar-refractivity contribution in [2.45, 2.75) is 56.4 Å². The van der Waals surface area contributed by atoms with Crippen molar-refractivity contribution in [3.63, 3.8) is 0 Å². The van der Waals surface area contributed by atoms with Gasteiger partial charge in [-0.2, -0.15) is 0 Å². The third-order valence-corrected chi connectivity index (χ3v) is 5.89. The van der Waals surface area contributed by atoms with Crippen LogP contribution in [-0.2, 0) is 14.3 Å². The predicted molar refractivity (Wildman–Crippen MR) is 94.5 cm³/mol. The standard InChI is InChI=1S/C20H24O7/c1-20(2,25)19-18(24)15-13(27-19)7-12-14(17(15)23)16(22)11(8-26-12)9-3-5-10(21)6-4-9/h3-6,8,12-15,17-19,21,23-25H,7H2,1-2H3/t12?,13?,14?,15?,17?,18-,19-/m0/s1. The third-order valence-electron chi connectivity index (χ3n) is 5.89. The molecule has 0 radical (unpaired) electrons. The quantitative estimate of drug-likeness (QED) is 0.597. The number of ketones is 1. The highest BCUT2D eigenvalue weighted by molar-refractivity contribution is 6.22. The number of phenolic OH excluding ortho intramolecular Hbond substituents is 1. The molecule has 27 heavy (non-hydrogen) atoms. The second-order valence-electron chi connectivity index (χ2n) is 8.19. The number of hydrogen-bond donors (Lipinski definition) is 4. The maximum absolute atomic E-state index is 13.1. The Labute approximate surface area is 156 Å². The first-order valence-electron chi connectivity index (χ1n) is 9.11. The number of aromatic hydroxyl groups is 1. The van der Waals surface area contributed by atoms with Crippen molar-refractivity contribution in [1.29, 1.82) is 0 Å². The lowest BCUT2D eigenvalue weighted by atomic mass is 9.69. The van der Waals surface area contributed by atoms with Gasteiger partial charge in [-0.15, -0.1) is 0 Å². The zero-order valence-electron chi connectivity index (χ0n) is 15.1. The summed E-state index contributed by atoms with van der Waals surface area (Å²) >= 11 is 0. The Morgan fingerprint density at radius 1 is 1.07 bits per heavy atom. The van der Waals surface area contributed by atoms with Crippen LogP contribution in [0.4, 0.5) is 0 Å². The highest BCUT2D eigenvalue weighted by atomic mass is 16.5. The molecule has 1 aromatic carbocycles. The van der Waals surface area contributed by atoms with Gasteiger partial charge >= 0.3 is 0 Å². The van der Waals surface area contributed by atoms with Crippen molar-refractivity contribution in [3.8, 4) is 5.75 Å². The van der Waals surface area contributed by atoms with Crippen LogP contribution in [0.2, 0.25) is 0 Å². The fourth-order valence-electron chi connectivity index (χ4n) is 4.54. The molecule has 4 rings (SSSR count). The normalized spacial score (nSPS) is 38.6. The topological polar surface area (TPSA) is 116 Å². The smallest absolute Gasteiger partial charge is 0.175 e. The van der Waals surface area contributed by atoms with Crippen molar-refractivity contribution in [1.82, 2.24) is 0 Å². The molecule has 7 atom stereocenters. The van der Waals surface area contributed by atoms with Crippen molar-refractivity contribution >= 4 is 11.4 Å². The molecule has 1 aliphatic carbocycles. The van der Waals surface area contributed by atoms with Gasteiger partial charge in [0.25, 0.3) is 0 Å². The summed E-state index contributed by atoms with van der Waals surface area (Å²) in [6.45, 7) is 3.09.